The average Bonchev–Trinajstić information content (AvgIpc) is 3.09. The second kappa shape index (κ2) is 8.01. The first-order chi connectivity index (χ1) is 12.5. The van der Waals surface area contributed by atoms with Gasteiger partial charge in [-0.25, -0.2) is 5.43 Å². The lowest BCUT2D eigenvalue weighted by atomic mass is 10.1. The third-order valence-electron chi connectivity index (χ3n) is 3.72. The van der Waals surface area contributed by atoms with Crippen LogP contribution in [0.25, 0.3) is 0 Å². The normalized spacial score (nSPS) is 13.5. The molecule has 2 aromatic rings. The van der Waals surface area contributed by atoms with Gasteiger partial charge in [0, 0.05) is 10.0 Å². The molecule has 3 rings (SSSR count). The van der Waals surface area contributed by atoms with E-state index in [1.54, 1.807) is 19.1 Å². The Bertz CT molecular complexity index is 855. The number of fused-ring (bicyclic) bond motifs is 1. The van der Waals surface area contributed by atoms with Gasteiger partial charge in [-0.05, 0) is 40.5 Å². The molecule has 0 aliphatic carbocycles. The maximum absolute atomic E-state index is 11.9. The van der Waals surface area contributed by atoms with E-state index in [1.807, 2.05) is 30.3 Å². The number of hydrazone groups is 1. The lowest BCUT2D eigenvalue weighted by Gasteiger charge is -2.13. The molecule has 0 radical (unpaired) electrons. The highest BCUT2D eigenvalue weighted by molar-refractivity contribution is 9.10. The molecule has 1 aliphatic heterocycles. The zero-order valence-electron chi connectivity index (χ0n) is 13.9. The van der Waals surface area contributed by atoms with Crippen molar-refractivity contribution in [3.63, 3.8) is 0 Å². The number of rotatable bonds is 4. The Morgan fingerprint density at radius 3 is 2.58 bits per heavy atom. The van der Waals surface area contributed by atoms with E-state index >= 15 is 0 Å². The third-order valence-corrected chi connectivity index (χ3v) is 4.40. The molecule has 2 aromatic carbocycles. The van der Waals surface area contributed by atoms with E-state index in [0.717, 1.165) is 10.0 Å². The van der Waals surface area contributed by atoms with Gasteiger partial charge in [-0.3, -0.25) is 9.59 Å². The van der Waals surface area contributed by atoms with E-state index in [0.29, 0.717) is 17.1 Å². The van der Waals surface area contributed by atoms with Crippen LogP contribution in [0.1, 0.15) is 24.1 Å². The van der Waals surface area contributed by atoms with E-state index in [4.69, 9.17) is 9.47 Å². The summed E-state index contributed by atoms with van der Waals surface area (Å²) in [6.07, 6.45) is 1.41. The summed E-state index contributed by atoms with van der Waals surface area (Å²) >= 11 is 3.39. The van der Waals surface area contributed by atoms with Gasteiger partial charge in [-0.2, -0.15) is 5.10 Å². The van der Waals surface area contributed by atoms with Crippen molar-refractivity contribution in [2.45, 2.75) is 13.0 Å². The zero-order chi connectivity index (χ0) is 18.5. The Hall–Kier alpha value is -2.87. The second-order valence-electron chi connectivity index (χ2n) is 5.53. The molecule has 2 amide bonds. The maximum atomic E-state index is 11.9. The fraction of sp³-hybridized carbons (Fsp3) is 0.167. The monoisotopic (exact) mass is 417 g/mol. The largest absolute Gasteiger partial charge is 0.454 e. The molecule has 1 atom stereocenters. The molecule has 1 heterocycles. The van der Waals surface area contributed by atoms with Crippen LogP contribution < -0.4 is 20.2 Å². The smallest absolute Gasteiger partial charge is 0.329 e. The average molecular weight is 418 g/mol. The number of hydrogen-bond donors (Lipinski definition) is 2. The standard InChI is InChI=1S/C18H16BrN3O4/c1-11(12-5-3-2-4-6-12)21-17(23)18(24)22-20-9-13-7-15-16(8-14(13)19)26-10-25-15/h2-9,11H,10H2,1H3,(H,21,23)(H,22,24)/b20-9-/t11-/m0/s1. The van der Waals surface area contributed by atoms with E-state index in [2.05, 4.69) is 31.8 Å². The summed E-state index contributed by atoms with van der Waals surface area (Å²) in [4.78, 5) is 23.8. The fourth-order valence-electron chi connectivity index (χ4n) is 2.33. The molecular weight excluding hydrogens is 402 g/mol. The number of carbonyl (C=O) groups excluding carboxylic acids is 2. The molecule has 26 heavy (non-hydrogen) atoms. The fourth-order valence-corrected chi connectivity index (χ4v) is 2.76. The Kier molecular flexibility index (Phi) is 5.52. The number of nitrogens with zero attached hydrogens (tertiary/aromatic N) is 1. The van der Waals surface area contributed by atoms with E-state index in [9.17, 15) is 9.59 Å². The first kappa shape index (κ1) is 17.9. The van der Waals surface area contributed by atoms with Gasteiger partial charge in [0.1, 0.15) is 0 Å². The van der Waals surface area contributed by atoms with Gasteiger partial charge in [0.25, 0.3) is 0 Å². The van der Waals surface area contributed by atoms with Crippen molar-refractivity contribution in [3.8, 4) is 11.5 Å². The van der Waals surface area contributed by atoms with Gasteiger partial charge in [-0.1, -0.05) is 30.3 Å². The van der Waals surface area contributed by atoms with Crippen molar-refractivity contribution < 1.29 is 19.1 Å². The minimum atomic E-state index is -0.846. The highest BCUT2D eigenvalue weighted by atomic mass is 79.9. The Labute approximate surface area is 158 Å². The van der Waals surface area contributed by atoms with E-state index in [1.165, 1.54) is 6.21 Å². The van der Waals surface area contributed by atoms with Crippen LogP contribution in [0.3, 0.4) is 0 Å². The predicted molar refractivity (Wildman–Crippen MR) is 99.0 cm³/mol. The summed E-state index contributed by atoms with van der Waals surface area (Å²) in [6, 6.07) is 12.5. The van der Waals surface area contributed by atoms with E-state index in [-0.39, 0.29) is 12.8 Å². The van der Waals surface area contributed by atoms with Crippen molar-refractivity contribution in [3.05, 3.63) is 58.1 Å². The Morgan fingerprint density at radius 1 is 1.15 bits per heavy atom. The van der Waals surface area contributed by atoms with Gasteiger partial charge in [0.15, 0.2) is 11.5 Å². The molecule has 7 nitrogen and oxygen atoms in total. The molecule has 0 spiro atoms. The summed E-state index contributed by atoms with van der Waals surface area (Å²) in [5.41, 5.74) is 3.79. The molecule has 0 saturated carbocycles. The van der Waals surface area contributed by atoms with Crippen LogP contribution in [0.5, 0.6) is 11.5 Å². The molecule has 0 fully saturated rings. The maximum Gasteiger partial charge on any atom is 0.329 e. The number of hydrogen-bond acceptors (Lipinski definition) is 5. The zero-order valence-corrected chi connectivity index (χ0v) is 15.4. The number of carbonyl (C=O) groups is 2. The lowest BCUT2D eigenvalue weighted by molar-refractivity contribution is -0.139. The van der Waals surface area contributed by atoms with Crippen LogP contribution in [0.2, 0.25) is 0 Å². The number of benzene rings is 2. The second-order valence-corrected chi connectivity index (χ2v) is 6.39. The summed E-state index contributed by atoms with van der Waals surface area (Å²) in [5.74, 6) is -0.383. The van der Waals surface area contributed by atoms with Crippen LogP contribution in [0.4, 0.5) is 0 Å². The van der Waals surface area contributed by atoms with E-state index < -0.39 is 11.8 Å². The van der Waals surface area contributed by atoms with Crippen LogP contribution in [0, 0.1) is 0 Å². The van der Waals surface area contributed by atoms with Crippen molar-refractivity contribution in [1.82, 2.24) is 10.7 Å². The van der Waals surface area contributed by atoms with Crippen molar-refractivity contribution in [2.24, 2.45) is 5.10 Å². The van der Waals surface area contributed by atoms with Crippen molar-refractivity contribution in [2.75, 3.05) is 6.79 Å². The molecule has 2 N–H and O–H groups in total. The molecule has 134 valence electrons. The summed E-state index contributed by atoms with van der Waals surface area (Å²) in [5, 5.41) is 6.44. The quantitative estimate of drug-likeness (QED) is 0.454. The number of amides is 2. The Morgan fingerprint density at radius 2 is 1.85 bits per heavy atom. The first-order valence-corrected chi connectivity index (χ1v) is 8.62. The van der Waals surface area contributed by atoms with Crippen molar-refractivity contribution >= 4 is 34.0 Å². The molecule has 8 heteroatoms. The van der Waals surface area contributed by atoms with Gasteiger partial charge >= 0.3 is 11.8 Å². The topological polar surface area (TPSA) is 89.0 Å². The van der Waals surface area contributed by atoms with Gasteiger partial charge in [-0.15, -0.1) is 0 Å². The molecule has 0 aromatic heterocycles. The molecule has 0 saturated heterocycles. The SMILES string of the molecule is C[C@H](NC(=O)C(=O)N/N=C\c1cc2c(cc1Br)OCO2)c1ccccc1. The third kappa shape index (κ3) is 4.20. The van der Waals surface area contributed by atoms with Crippen LogP contribution in [-0.2, 0) is 9.59 Å². The minimum Gasteiger partial charge on any atom is -0.454 e. The summed E-state index contributed by atoms with van der Waals surface area (Å²) in [7, 11) is 0. The minimum absolute atomic E-state index is 0.166. The summed E-state index contributed by atoms with van der Waals surface area (Å²) in [6.45, 7) is 1.96. The number of nitrogens with one attached hydrogen (secondary N) is 2. The summed E-state index contributed by atoms with van der Waals surface area (Å²) < 4.78 is 11.3. The number of ether oxygens (including phenoxy) is 2. The molecule has 0 unspecified atom stereocenters. The first-order valence-electron chi connectivity index (χ1n) is 7.82. The molecule has 0 bridgehead atoms. The predicted octanol–water partition coefficient (Wildman–Crippen LogP) is 2.51. The highest BCUT2D eigenvalue weighted by Gasteiger charge is 2.17. The van der Waals surface area contributed by atoms with Crippen LogP contribution in [0.15, 0.2) is 52.0 Å². The number of halogens is 1. The van der Waals surface area contributed by atoms with Gasteiger partial charge < -0.3 is 14.8 Å². The molecule has 1 aliphatic rings. The van der Waals surface area contributed by atoms with Crippen molar-refractivity contribution in [1.29, 1.82) is 0 Å². The van der Waals surface area contributed by atoms with Crippen LogP contribution in [-0.4, -0.2) is 24.8 Å². The molecular formula is C18H16BrN3O4. The van der Waals surface area contributed by atoms with Crippen LogP contribution >= 0.6 is 15.9 Å². The Balaban J connectivity index is 1.56. The lowest BCUT2D eigenvalue weighted by Crippen LogP contribution is -2.39. The van der Waals surface area contributed by atoms with Gasteiger partial charge in [0.2, 0.25) is 6.79 Å². The van der Waals surface area contributed by atoms with Gasteiger partial charge in [0.05, 0.1) is 12.3 Å². The highest BCUT2D eigenvalue weighted by Crippen LogP contribution is 2.36.